The second-order valence-electron chi connectivity index (χ2n) is 4.17. The Labute approximate surface area is 98.1 Å². The highest BCUT2D eigenvalue weighted by Crippen LogP contribution is 2.12. The molecule has 1 rings (SSSR count). The van der Waals surface area contributed by atoms with Crippen LogP contribution in [0.4, 0.5) is 4.39 Å². The van der Waals surface area contributed by atoms with E-state index >= 15 is 0 Å². The number of hydrogen-bond donors (Lipinski definition) is 1. The predicted molar refractivity (Wildman–Crippen MR) is 67.1 cm³/mol. The van der Waals surface area contributed by atoms with Crippen molar-refractivity contribution in [3.05, 3.63) is 35.6 Å². The third-order valence-electron chi connectivity index (χ3n) is 2.85. The fourth-order valence-corrected chi connectivity index (χ4v) is 2.02. The van der Waals surface area contributed by atoms with Gasteiger partial charge in [-0.3, -0.25) is 0 Å². The van der Waals surface area contributed by atoms with Crippen LogP contribution in [-0.4, -0.2) is 12.6 Å². The van der Waals surface area contributed by atoms with Crippen LogP contribution < -0.4 is 5.32 Å². The molecule has 0 radical (unpaired) electrons. The molecule has 0 heterocycles. The molecule has 0 saturated carbocycles. The summed E-state index contributed by atoms with van der Waals surface area (Å²) >= 11 is 0. The van der Waals surface area contributed by atoms with Crippen molar-refractivity contribution >= 4 is 0 Å². The Kier molecular flexibility index (Phi) is 6.09. The second kappa shape index (κ2) is 7.39. The van der Waals surface area contributed by atoms with Gasteiger partial charge in [-0.25, -0.2) is 4.39 Å². The molecule has 0 spiro atoms. The monoisotopic (exact) mass is 223 g/mol. The normalized spacial score (nSPS) is 12.7. The van der Waals surface area contributed by atoms with Gasteiger partial charge in [-0.05, 0) is 37.4 Å². The van der Waals surface area contributed by atoms with Gasteiger partial charge in [-0.1, -0.05) is 38.5 Å². The Morgan fingerprint density at radius 2 is 1.94 bits per heavy atom. The standard InChI is InChI=1S/C14H22FN/c1-3-7-13(16-4-2)11-10-12-8-5-6-9-14(12)15/h5-6,8-9,13,16H,3-4,7,10-11H2,1-2H3. The fourth-order valence-electron chi connectivity index (χ4n) is 2.02. The van der Waals surface area contributed by atoms with Gasteiger partial charge in [0.15, 0.2) is 0 Å². The number of rotatable bonds is 7. The topological polar surface area (TPSA) is 12.0 Å². The zero-order chi connectivity index (χ0) is 11.8. The van der Waals surface area contributed by atoms with Crippen molar-refractivity contribution in [3.8, 4) is 0 Å². The van der Waals surface area contributed by atoms with Gasteiger partial charge in [-0.15, -0.1) is 0 Å². The van der Waals surface area contributed by atoms with E-state index < -0.39 is 0 Å². The van der Waals surface area contributed by atoms with Crippen LogP contribution in [0.15, 0.2) is 24.3 Å². The third-order valence-corrected chi connectivity index (χ3v) is 2.85. The Morgan fingerprint density at radius 3 is 2.56 bits per heavy atom. The van der Waals surface area contributed by atoms with Crippen LogP contribution in [0.1, 0.15) is 38.7 Å². The predicted octanol–water partition coefficient (Wildman–Crippen LogP) is 3.54. The molecule has 1 aromatic rings. The molecule has 2 heteroatoms. The highest BCUT2D eigenvalue weighted by atomic mass is 19.1. The van der Waals surface area contributed by atoms with Gasteiger partial charge in [0.2, 0.25) is 0 Å². The highest BCUT2D eigenvalue weighted by Gasteiger charge is 2.07. The number of nitrogens with one attached hydrogen (secondary N) is 1. The summed E-state index contributed by atoms with van der Waals surface area (Å²) in [5, 5.41) is 3.45. The van der Waals surface area contributed by atoms with Crippen molar-refractivity contribution < 1.29 is 4.39 Å². The lowest BCUT2D eigenvalue weighted by Crippen LogP contribution is -2.29. The largest absolute Gasteiger partial charge is 0.314 e. The second-order valence-corrected chi connectivity index (χ2v) is 4.17. The van der Waals surface area contributed by atoms with Gasteiger partial charge < -0.3 is 5.32 Å². The van der Waals surface area contributed by atoms with E-state index in [0.29, 0.717) is 6.04 Å². The Hall–Kier alpha value is -0.890. The maximum absolute atomic E-state index is 13.4. The molecule has 1 aromatic carbocycles. The van der Waals surface area contributed by atoms with Gasteiger partial charge in [0, 0.05) is 6.04 Å². The Balaban J connectivity index is 2.45. The third kappa shape index (κ3) is 4.31. The SMILES string of the molecule is CCCC(CCc1ccccc1F)NCC. The van der Waals surface area contributed by atoms with E-state index in [1.807, 2.05) is 12.1 Å². The number of halogens is 1. The van der Waals surface area contributed by atoms with Crippen LogP contribution >= 0.6 is 0 Å². The van der Waals surface area contributed by atoms with E-state index in [9.17, 15) is 4.39 Å². The molecule has 1 N–H and O–H groups in total. The molecular formula is C14H22FN. The summed E-state index contributed by atoms with van der Waals surface area (Å²) in [5.74, 6) is -0.0748. The number of hydrogen-bond acceptors (Lipinski definition) is 1. The molecule has 90 valence electrons. The van der Waals surface area contributed by atoms with Gasteiger partial charge in [0.1, 0.15) is 5.82 Å². The molecule has 1 atom stereocenters. The van der Waals surface area contributed by atoms with Crippen LogP contribution in [0.25, 0.3) is 0 Å². The summed E-state index contributed by atoms with van der Waals surface area (Å²) in [4.78, 5) is 0. The van der Waals surface area contributed by atoms with Crippen LogP contribution in [-0.2, 0) is 6.42 Å². The smallest absolute Gasteiger partial charge is 0.126 e. The molecule has 0 aromatic heterocycles. The number of aryl methyl sites for hydroxylation is 1. The maximum atomic E-state index is 13.4. The summed E-state index contributed by atoms with van der Waals surface area (Å²) in [6.45, 7) is 5.29. The van der Waals surface area contributed by atoms with Crippen LogP contribution in [0.5, 0.6) is 0 Å². The van der Waals surface area contributed by atoms with E-state index in [2.05, 4.69) is 19.2 Å². The molecular weight excluding hydrogens is 201 g/mol. The van der Waals surface area contributed by atoms with E-state index in [4.69, 9.17) is 0 Å². The van der Waals surface area contributed by atoms with E-state index in [1.54, 1.807) is 6.07 Å². The molecule has 0 fully saturated rings. The lowest BCUT2D eigenvalue weighted by atomic mass is 10.0. The zero-order valence-electron chi connectivity index (χ0n) is 10.3. The minimum atomic E-state index is -0.0748. The number of benzene rings is 1. The highest BCUT2D eigenvalue weighted by molar-refractivity contribution is 5.17. The van der Waals surface area contributed by atoms with Gasteiger partial charge in [0.05, 0.1) is 0 Å². The van der Waals surface area contributed by atoms with Gasteiger partial charge in [0.25, 0.3) is 0 Å². The molecule has 0 aliphatic rings. The average molecular weight is 223 g/mol. The summed E-state index contributed by atoms with van der Waals surface area (Å²) in [6, 6.07) is 7.59. The maximum Gasteiger partial charge on any atom is 0.126 e. The minimum absolute atomic E-state index is 0.0748. The zero-order valence-corrected chi connectivity index (χ0v) is 10.3. The van der Waals surface area contributed by atoms with E-state index in [-0.39, 0.29) is 5.82 Å². The molecule has 0 saturated heterocycles. The van der Waals surface area contributed by atoms with E-state index in [0.717, 1.165) is 24.9 Å². The molecule has 0 amide bonds. The molecule has 16 heavy (non-hydrogen) atoms. The fraction of sp³-hybridized carbons (Fsp3) is 0.571. The minimum Gasteiger partial charge on any atom is -0.314 e. The first-order chi connectivity index (χ1) is 7.77. The average Bonchev–Trinajstić information content (AvgIpc) is 2.28. The van der Waals surface area contributed by atoms with Crippen molar-refractivity contribution in [2.75, 3.05) is 6.54 Å². The summed E-state index contributed by atoms with van der Waals surface area (Å²) < 4.78 is 13.4. The molecule has 1 unspecified atom stereocenters. The van der Waals surface area contributed by atoms with Crippen molar-refractivity contribution in [1.29, 1.82) is 0 Å². The molecule has 0 aliphatic carbocycles. The summed E-state index contributed by atoms with van der Waals surface area (Å²) in [6.07, 6.45) is 4.18. The summed E-state index contributed by atoms with van der Waals surface area (Å²) in [5.41, 5.74) is 0.835. The van der Waals surface area contributed by atoms with Gasteiger partial charge in [-0.2, -0.15) is 0 Å². The van der Waals surface area contributed by atoms with Crippen molar-refractivity contribution in [1.82, 2.24) is 5.32 Å². The molecule has 1 nitrogen and oxygen atoms in total. The van der Waals surface area contributed by atoms with Crippen LogP contribution in [0.3, 0.4) is 0 Å². The lowest BCUT2D eigenvalue weighted by molar-refractivity contribution is 0.455. The molecule has 0 aliphatic heterocycles. The quantitative estimate of drug-likeness (QED) is 0.745. The molecule has 0 bridgehead atoms. The first-order valence-electron chi connectivity index (χ1n) is 6.24. The van der Waals surface area contributed by atoms with Gasteiger partial charge >= 0.3 is 0 Å². The lowest BCUT2D eigenvalue weighted by Gasteiger charge is -2.17. The van der Waals surface area contributed by atoms with E-state index in [1.165, 1.54) is 18.9 Å². The first kappa shape index (κ1) is 13.2. The Bertz CT molecular complexity index is 293. The van der Waals surface area contributed by atoms with Crippen molar-refractivity contribution in [2.24, 2.45) is 0 Å². The first-order valence-corrected chi connectivity index (χ1v) is 6.24. The van der Waals surface area contributed by atoms with Crippen molar-refractivity contribution in [3.63, 3.8) is 0 Å². The Morgan fingerprint density at radius 1 is 1.19 bits per heavy atom. The van der Waals surface area contributed by atoms with Crippen molar-refractivity contribution in [2.45, 2.75) is 45.6 Å². The van der Waals surface area contributed by atoms with Crippen LogP contribution in [0.2, 0.25) is 0 Å². The van der Waals surface area contributed by atoms with Crippen LogP contribution in [0, 0.1) is 5.82 Å². The summed E-state index contributed by atoms with van der Waals surface area (Å²) in [7, 11) is 0.